The maximum atomic E-state index is 5.15. The summed E-state index contributed by atoms with van der Waals surface area (Å²) in [6, 6.07) is 54.6. The topological polar surface area (TPSA) is 37.2 Å². The second kappa shape index (κ2) is 14.4. The van der Waals surface area contributed by atoms with Gasteiger partial charge in [-0.05, 0) is 123 Å². The number of anilines is 6. The molecule has 0 amide bonds. The van der Waals surface area contributed by atoms with Crippen LogP contribution in [0.1, 0.15) is 33.4 Å². The fourth-order valence-electron chi connectivity index (χ4n) is 10.6. The summed E-state index contributed by atoms with van der Waals surface area (Å²) in [6.45, 7) is 13.2. The van der Waals surface area contributed by atoms with Gasteiger partial charge in [0.15, 0.2) is 0 Å². The zero-order valence-corrected chi connectivity index (χ0v) is 38.3. The molecule has 7 aromatic carbocycles. The Labute approximate surface area is 380 Å². The maximum Gasteiger partial charge on any atom is 2.00 e. The molecule has 0 saturated heterocycles. The first-order valence-electron chi connectivity index (χ1n) is 21.0. The van der Waals surface area contributed by atoms with Gasteiger partial charge in [-0.15, -0.1) is 40.7 Å². The van der Waals surface area contributed by atoms with Crippen molar-refractivity contribution in [2.45, 2.75) is 41.5 Å². The summed E-state index contributed by atoms with van der Waals surface area (Å²) in [4.78, 5) is 15.1. The molecule has 0 atom stereocenters. The van der Waals surface area contributed by atoms with Gasteiger partial charge in [0.25, 0.3) is 0 Å². The van der Waals surface area contributed by atoms with Crippen molar-refractivity contribution in [2.24, 2.45) is 0 Å². The number of pyridine rings is 1. The third-order valence-corrected chi connectivity index (χ3v) is 13.8. The summed E-state index contributed by atoms with van der Waals surface area (Å²) in [5, 5.41) is 3.28. The third-order valence-electron chi connectivity index (χ3n) is 12.7. The minimum absolute atomic E-state index is 0. The molecule has 0 saturated carbocycles. The van der Waals surface area contributed by atoms with Gasteiger partial charge in [-0.25, -0.2) is 4.98 Å². The SMILES string of the molecule is Cc1cc(C)c(N2c3ccc(-c4nc5ccccc5s4)[c-]c3B3c4[c-]c5c(cc4N(c4c(C)cc(C)cc4C)c4cccc2c43)c2ccccc2n5-c2ccccn2)c(C)c1.[Pt+2]. The Hall–Kier alpha value is -6.27. The molecule has 62 heavy (non-hydrogen) atoms. The number of para-hydroxylation sites is 2. The minimum atomic E-state index is -0.185. The number of hydrogen-bond acceptors (Lipinski definition) is 5. The molecule has 0 bridgehead atoms. The fraction of sp³-hybridized carbons (Fsp3) is 0.111. The van der Waals surface area contributed by atoms with E-state index < -0.39 is 0 Å². The molecule has 5 nitrogen and oxygen atoms in total. The maximum absolute atomic E-state index is 5.15. The minimum Gasteiger partial charge on any atom is -0.366 e. The summed E-state index contributed by atoms with van der Waals surface area (Å²) < 4.78 is 3.46. The summed E-state index contributed by atoms with van der Waals surface area (Å²) in [5.41, 5.74) is 22.0. The standard InChI is InChI=1S/C54H40BN5S.Pt/c1-31-24-33(3)52(34(4)25-31)59-44-22-21-37(54-57-42-15-8-10-19-49(42)61-54)28-40(44)55-41-30-47-39(38-14-7-9-16-43(38)58(47)50-20-11-12-23-56-50)29-48(41)60(46-18-13-17-45(59)51(46)55)53-35(5)26-32(2)27-36(53)6;/h7-27,29H,1-6H3;/q-2;+2. The molecule has 2 aliphatic heterocycles. The average Bonchev–Trinajstić information content (AvgIpc) is 3.83. The van der Waals surface area contributed by atoms with Crippen LogP contribution in [0.15, 0.2) is 134 Å². The van der Waals surface area contributed by atoms with E-state index >= 15 is 0 Å². The summed E-state index contributed by atoms with van der Waals surface area (Å²) >= 11 is 1.73. The smallest absolute Gasteiger partial charge is 0.366 e. The Balaban J connectivity index is 0.00000432. The number of thiazole rings is 1. The van der Waals surface area contributed by atoms with Crippen LogP contribution in [0.25, 0.3) is 48.4 Å². The van der Waals surface area contributed by atoms with Crippen molar-refractivity contribution in [1.29, 1.82) is 0 Å². The Morgan fingerprint density at radius 1 is 0.565 bits per heavy atom. The molecule has 5 heterocycles. The van der Waals surface area contributed by atoms with Crippen molar-refractivity contribution in [2.75, 3.05) is 9.80 Å². The number of nitrogens with zero attached hydrogens (tertiary/aromatic N) is 5. The number of rotatable bonds is 4. The van der Waals surface area contributed by atoms with Gasteiger partial charge < -0.3 is 14.4 Å². The molecule has 0 N–H and O–H groups in total. The van der Waals surface area contributed by atoms with Crippen LogP contribution in [-0.4, -0.2) is 21.2 Å². The zero-order valence-electron chi connectivity index (χ0n) is 35.2. The Bertz CT molecular complexity index is 3400. The number of aromatic nitrogens is 3. The predicted octanol–water partition coefficient (Wildman–Crippen LogP) is 12.0. The van der Waals surface area contributed by atoms with Crippen LogP contribution in [0.5, 0.6) is 0 Å². The van der Waals surface area contributed by atoms with Crippen LogP contribution < -0.4 is 26.2 Å². The van der Waals surface area contributed by atoms with Crippen molar-refractivity contribution in [3.63, 3.8) is 0 Å². The van der Waals surface area contributed by atoms with Crippen molar-refractivity contribution < 1.29 is 21.1 Å². The molecule has 0 fully saturated rings. The van der Waals surface area contributed by atoms with E-state index in [0.717, 1.165) is 60.6 Å². The number of benzene rings is 7. The molecular weight excluding hydrogens is 957 g/mol. The number of aryl methyl sites for hydroxylation is 6. The Morgan fingerprint density at radius 3 is 1.87 bits per heavy atom. The van der Waals surface area contributed by atoms with E-state index in [4.69, 9.17) is 9.97 Å². The van der Waals surface area contributed by atoms with E-state index in [1.54, 1.807) is 11.3 Å². The van der Waals surface area contributed by atoms with Crippen LogP contribution >= 0.6 is 11.3 Å². The van der Waals surface area contributed by atoms with Crippen molar-refractivity contribution >= 4 is 101 Å². The molecule has 10 aromatic rings. The molecule has 0 spiro atoms. The molecule has 8 heteroatoms. The van der Waals surface area contributed by atoms with Crippen molar-refractivity contribution in [1.82, 2.24) is 14.5 Å². The monoisotopic (exact) mass is 996 g/mol. The van der Waals surface area contributed by atoms with Gasteiger partial charge in [-0.2, -0.15) is 22.9 Å². The summed E-state index contributed by atoms with van der Waals surface area (Å²) in [6.07, 6.45) is 1.88. The zero-order chi connectivity index (χ0) is 41.3. The number of fused-ring (bicyclic) bond motifs is 8. The van der Waals surface area contributed by atoms with Gasteiger partial charge >= 0.3 is 21.1 Å². The summed E-state index contributed by atoms with van der Waals surface area (Å²) in [7, 11) is 0. The van der Waals surface area contributed by atoms with Crippen LogP contribution in [-0.2, 0) is 21.1 Å². The summed E-state index contributed by atoms with van der Waals surface area (Å²) in [5.74, 6) is 0.870. The molecule has 0 unspecified atom stereocenters. The molecule has 2 aliphatic rings. The van der Waals surface area contributed by atoms with Gasteiger partial charge in [0.05, 0.1) is 5.52 Å². The van der Waals surface area contributed by atoms with E-state index in [1.807, 2.05) is 12.3 Å². The van der Waals surface area contributed by atoms with Crippen LogP contribution in [0.3, 0.4) is 0 Å². The number of hydrogen-bond donors (Lipinski definition) is 0. The third kappa shape index (κ3) is 5.64. The van der Waals surface area contributed by atoms with Crippen LogP contribution in [0, 0.1) is 53.7 Å². The van der Waals surface area contributed by atoms with Crippen LogP contribution in [0.2, 0.25) is 0 Å². The molecule has 12 rings (SSSR count). The van der Waals surface area contributed by atoms with E-state index in [9.17, 15) is 0 Å². The quantitative estimate of drug-likeness (QED) is 0.130. The first kappa shape index (κ1) is 38.6. The fourth-order valence-corrected chi connectivity index (χ4v) is 11.5. The van der Waals surface area contributed by atoms with Gasteiger partial charge in [0, 0.05) is 44.2 Å². The Morgan fingerprint density at radius 2 is 1.19 bits per heavy atom. The van der Waals surface area contributed by atoms with Gasteiger partial charge in [-0.3, -0.25) is 4.98 Å². The largest absolute Gasteiger partial charge is 2.00 e. The molecule has 300 valence electrons. The second-order valence-corrected chi connectivity index (χ2v) is 17.9. The molecule has 0 aliphatic carbocycles. The normalized spacial score (nSPS) is 12.8. The van der Waals surface area contributed by atoms with Gasteiger partial charge in [0.2, 0.25) is 6.71 Å². The van der Waals surface area contributed by atoms with E-state index in [2.05, 4.69) is 189 Å². The van der Waals surface area contributed by atoms with Gasteiger partial charge in [0.1, 0.15) is 5.82 Å². The second-order valence-electron chi connectivity index (χ2n) is 16.8. The molecule has 3 aromatic heterocycles. The van der Waals surface area contributed by atoms with Gasteiger partial charge in [-0.1, -0.05) is 89.1 Å². The molecular formula is C54H40BN5PtS. The Kier molecular flexibility index (Phi) is 8.98. The first-order valence-corrected chi connectivity index (χ1v) is 21.8. The van der Waals surface area contributed by atoms with E-state index in [0.29, 0.717) is 0 Å². The van der Waals surface area contributed by atoms with E-state index in [1.165, 1.54) is 71.7 Å². The van der Waals surface area contributed by atoms with Crippen molar-refractivity contribution in [3.05, 3.63) is 179 Å². The van der Waals surface area contributed by atoms with Crippen molar-refractivity contribution in [3.8, 4) is 16.4 Å². The van der Waals surface area contributed by atoms with E-state index in [-0.39, 0.29) is 27.8 Å². The first-order chi connectivity index (χ1) is 29.7. The van der Waals surface area contributed by atoms with Crippen LogP contribution in [0.4, 0.5) is 34.1 Å². The average molecular weight is 997 g/mol. The molecule has 0 radical (unpaired) electrons. The predicted molar refractivity (Wildman–Crippen MR) is 257 cm³/mol.